The summed E-state index contributed by atoms with van der Waals surface area (Å²) in [4.78, 5) is 2.49. The van der Waals surface area contributed by atoms with Gasteiger partial charge in [-0.05, 0) is 36.4 Å². The number of benzene rings is 1. The first-order valence-electron chi connectivity index (χ1n) is 6.91. The summed E-state index contributed by atoms with van der Waals surface area (Å²) in [6.45, 7) is 8.02. The first-order valence-corrected chi connectivity index (χ1v) is 7.66. The summed E-state index contributed by atoms with van der Waals surface area (Å²) < 4.78 is 0. The van der Waals surface area contributed by atoms with E-state index in [9.17, 15) is 0 Å². The van der Waals surface area contributed by atoms with Crippen LogP contribution in [0.2, 0.25) is 10.0 Å². The minimum Gasteiger partial charge on any atom is -0.324 e. The van der Waals surface area contributed by atoms with E-state index in [1.165, 1.54) is 13.1 Å². The van der Waals surface area contributed by atoms with E-state index in [2.05, 4.69) is 18.7 Å². The molecule has 1 fully saturated rings. The van der Waals surface area contributed by atoms with E-state index < -0.39 is 0 Å². The van der Waals surface area contributed by atoms with Gasteiger partial charge in [0.2, 0.25) is 0 Å². The quantitative estimate of drug-likeness (QED) is 0.911. The van der Waals surface area contributed by atoms with E-state index in [0.29, 0.717) is 10.0 Å². The van der Waals surface area contributed by atoms with Gasteiger partial charge in [-0.15, -0.1) is 0 Å². The Hall–Kier alpha value is -0.280. The average Bonchev–Trinajstić information content (AvgIpc) is 2.69. The lowest BCUT2D eigenvalue weighted by Gasteiger charge is -2.20. The fourth-order valence-corrected chi connectivity index (χ4v) is 3.16. The molecule has 1 aromatic rings. The van der Waals surface area contributed by atoms with Gasteiger partial charge >= 0.3 is 0 Å². The second-order valence-electron chi connectivity index (χ2n) is 5.75. The predicted molar refractivity (Wildman–Crippen MR) is 82.8 cm³/mol. The SMILES string of the molecule is CC1CN(CCC(N)c2cccc(Cl)c2Cl)CC1C. The topological polar surface area (TPSA) is 29.3 Å². The Morgan fingerprint density at radius 1 is 1.26 bits per heavy atom. The minimum atomic E-state index is -0.0441. The molecule has 19 heavy (non-hydrogen) atoms. The third-order valence-electron chi connectivity index (χ3n) is 4.20. The van der Waals surface area contributed by atoms with E-state index in [-0.39, 0.29) is 6.04 Å². The van der Waals surface area contributed by atoms with Crippen LogP contribution in [0.3, 0.4) is 0 Å². The molecule has 2 rings (SSSR count). The second-order valence-corrected chi connectivity index (χ2v) is 6.54. The van der Waals surface area contributed by atoms with Crippen molar-refractivity contribution in [1.29, 1.82) is 0 Å². The Kier molecular flexibility index (Phi) is 5.13. The fourth-order valence-electron chi connectivity index (χ4n) is 2.72. The third kappa shape index (κ3) is 3.63. The van der Waals surface area contributed by atoms with Gasteiger partial charge in [0.05, 0.1) is 10.0 Å². The molecule has 0 aromatic heterocycles. The van der Waals surface area contributed by atoms with Gasteiger partial charge in [-0.2, -0.15) is 0 Å². The molecule has 1 aliphatic rings. The molecule has 1 aromatic carbocycles. The minimum absolute atomic E-state index is 0.0441. The predicted octanol–water partition coefficient (Wildman–Crippen LogP) is 3.97. The van der Waals surface area contributed by atoms with Crippen molar-refractivity contribution in [2.24, 2.45) is 17.6 Å². The van der Waals surface area contributed by atoms with Gasteiger partial charge in [-0.3, -0.25) is 0 Å². The van der Waals surface area contributed by atoms with Gasteiger partial charge in [-0.25, -0.2) is 0 Å². The zero-order valence-electron chi connectivity index (χ0n) is 11.6. The van der Waals surface area contributed by atoms with Crippen LogP contribution in [0.4, 0.5) is 0 Å². The van der Waals surface area contributed by atoms with Crippen LogP contribution in [-0.4, -0.2) is 24.5 Å². The normalized spacial score (nSPS) is 25.7. The summed E-state index contributed by atoms with van der Waals surface area (Å²) >= 11 is 12.2. The van der Waals surface area contributed by atoms with Crippen LogP contribution in [-0.2, 0) is 0 Å². The number of halogens is 2. The zero-order valence-corrected chi connectivity index (χ0v) is 13.1. The van der Waals surface area contributed by atoms with E-state index in [0.717, 1.165) is 30.4 Å². The van der Waals surface area contributed by atoms with Crippen molar-refractivity contribution in [3.8, 4) is 0 Å². The maximum absolute atomic E-state index is 6.24. The van der Waals surface area contributed by atoms with Crippen molar-refractivity contribution in [3.05, 3.63) is 33.8 Å². The molecule has 1 heterocycles. The Morgan fingerprint density at radius 2 is 1.89 bits per heavy atom. The lowest BCUT2D eigenvalue weighted by molar-refractivity contribution is 0.309. The molecular formula is C15H22Cl2N2. The summed E-state index contributed by atoms with van der Waals surface area (Å²) in [5.41, 5.74) is 7.20. The van der Waals surface area contributed by atoms with Crippen LogP contribution in [0.25, 0.3) is 0 Å². The molecule has 4 heteroatoms. The molecule has 0 aliphatic carbocycles. The van der Waals surface area contributed by atoms with Crippen molar-refractivity contribution in [3.63, 3.8) is 0 Å². The monoisotopic (exact) mass is 300 g/mol. The second kappa shape index (κ2) is 6.45. The lowest BCUT2D eigenvalue weighted by Crippen LogP contribution is -2.25. The highest BCUT2D eigenvalue weighted by molar-refractivity contribution is 6.42. The van der Waals surface area contributed by atoms with Crippen LogP contribution in [0.5, 0.6) is 0 Å². The Labute approximate surface area is 125 Å². The van der Waals surface area contributed by atoms with Crippen molar-refractivity contribution >= 4 is 23.2 Å². The van der Waals surface area contributed by atoms with Gasteiger partial charge in [-0.1, -0.05) is 49.2 Å². The molecule has 1 saturated heterocycles. The smallest absolute Gasteiger partial charge is 0.0640 e. The molecule has 0 spiro atoms. The molecule has 1 aliphatic heterocycles. The number of likely N-dealkylation sites (tertiary alicyclic amines) is 1. The van der Waals surface area contributed by atoms with Crippen LogP contribution in [0.15, 0.2) is 18.2 Å². The molecule has 3 unspecified atom stereocenters. The number of nitrogens with two attached hydrogens (primary N) is 1. The number of hydrogen-bond acceptors (Lipinski definition) is 2. The van der Waals surface area contributed by atoms with E-state index >= 15 is 0 Å². The van der Waals surface area contributed by atoms with Gasteiger partial charge in [0.25, 0.3) is 0 Å². The molecular weight excluding hydrogens is 279 g/mol. The Morgan fingerprint density at radius 3 is 2.53 bits per heavy atom. The molecule has 0 bridgehead atoms. The van der Waals surface area contributed by atoms with Crippen LogP contribution >= 0.6 is 23.2 Å². The Bertz CT molecular complexity index is 426. The van der Waals surface area contributed by atoms with Gasteiger partial charge < -0.3 is 10.6 Å². The van der Waals surface area contributed by atoms with Gasteiger partial charge in [0.1, 0.15) is 0 Å². The van der Waals surface area contributed by atoms with Crippen molar-refractivity contribution in [2.75, 3.05) is 19.6 Å². The standard InChI is InChI=1S/C15H22Cl2N2/c1-10-8-19(9-11(10)2)7-6-14(18)12-4-3-5-13(16)15(12)17/h3-5,10-11,14H,6-9,18H2,1-2H3. The molecule has 3 atom stereocenters. The molecule has 106 valence electrons. The molecule has 0 radical (unpaired) electrons. The molecule has 0 saturated carbocycles. The van der Waals surface area contributed by atoms with Crippen LogP contribution in [0.1, 0.15) is 31.9 Å². The number of nitrogens with zero attached hydrogens (tertiary/aromatic N) is 1. The molecule has 0 amide bonds. The third-order valence-corrected chi connectivity index (χ3v) is 5.03. The fraction of sp³-hybridized carbons (Fsp3) is 0.600. The first kappa shape index (κ1) is 15.1. The number of rotatable bonds is 4. The van der Waals surface area contributed by atoms with E-state index in [1.54, 1.807) is 6.07 Å². The highest BCUT2D eigenvalue weighted by Crippen LogP contribution is 2.31. The molecule has 2 nitrogen and oxygen atoms in total. The molecule has 2 N–H and O–H groups in total. The van der Waals surface area contributed by atoms with E-state index in [4.69, 9.17) is 28.9 Å². The summed E-state index contributed by atoms with van der Waals surface area (Å²) in [5.74, 6) is 1.57. The highest BCUT2D eigenvalue weighted by Gasteiger charge is 2.26. The largest absolute Gasteiger partial charge is 0.324 e. The highest BCUT2D eigenvalue weighted by atomic mass is 35.5. The summed E-state index contributed by atoms with van der Waals surface area (Å²) in [5, 5.41) is 1.18. The summed E-state index contributed by atoms with van der Waals surface area (Å²) in [6.07, 6.45) is 0.916. The van der Waals surface area contributed by atoms with Gasteiger partial charge in [0.15, 0.2) is 0 Å². The van der Waals surface area contributed by atoms with Gasteiger partial charge in [0, 0.05) is 19.1 Å². The first-order chi connectivity index (χ1) is 8.99. The van der Waals surface area contributed by atoms with Crippen molar-refractivity contribution in [1.82, 2.24) is 4.90 Å². The maximum atomic E-state index is 6.24. The van der Waals surface area contributed by atoms with Crippen LogP contribution < -0.4 is 5.73 Å². The summed E-state index contributed by atoms with van der Waals surface area (Å²) in [6, 6.07) is 5.62. The zero-order chi connectivity index (χ0) is 14.0. The van der Waals surface area contributed by atoms with Crippen LogP contribution in [0, 0.1) is 11.8 Å². The van der Waals surface area contributed by atoms with E-state index in [1.807, 2.05) is 12.1 Å². The maximum Gasteiger partial charge on any atom is 0.0640 e. The lowest BCUT2D eigenvalue weighted by atomic mass is 10.0. The number of hydrogen-bond donors (Lipinski definition) is 1. The summed E-state index contributed by atoms with van der Waals surface area (Å²) in [7, 11) is 0. The average molecular weight is 301 g/mol. The van der Waals surface area contributed by atoms with Crippen molar-refractivity contribution < 1.29 is 0 Å². The van der Waals surface area contributed by atoms with Crippen molar-refractivity contribution in [2.45, 2.75) is 26.3 Å². The Balaban J connectivity index is 1.91.